The first kappa shape index (κ1) is 22.1. The van der Waals surface area contributed by atoms with E-state index in [0.717, 1.165) is 0 Å². The number of rotatable bonds is 8. The van der Waals surface area contributed by atoms with Crippen molar-refractivity contribution in [2.45, 2.75) is 31.1 Å². The van der Waals surface area contributed by atoms with Gasteiger partial charge in [0, 0.05) is 0 Å². The van der Waals surface area contributed by atoms with Gasteiger partial charge in [-0.05, 0) is 5.56 Å². The Labute approximate surface area is 147 Å². The predicted molar refractivity (Wildman–Crippen MR) is 92.3 cm³/mol. The lowest BCUT2D eigenvalue weighted by molar-refractivity contribution is -0.152. The highest BCUT2D eigenvalue weighted by molar-refractivity contribution is 7.93. The maximum absolute atomic E-state index is 12.7. The van der Waals surface area contributed by atoms with Crippen LogP contribution >= 0.6 is 0 Å². The van der Waals surface area contributed by atoms with Crippen molar-refractivity contribution in [3.63, 3.8) is 0 Å². The van der Waals surface area contributed by atoms with Gasteiger partial charge in [0.15, 0.2) is 16.6 Å². The molecule has 0 spiro atoms. The highest BCUT2D eigenvalue weighted by atomic mass is 32.2. The van der Waals surface area contributed by atoms with E-state index in [-0.39, 0.29) is 5.56 Å². The van der Waals surface area contributed by atoms with E-state index < -0.39 is 52.1 Å². The van der Waals surface area contributed by atoms with Crippen LogP contribution in [-0.2, 0) is 24.2 Å². The van der Waals surface area contributed by atoms with Crippen LogP contribution in [0.5, 0.6) is 0 Å². The standard InChI is InChI=1S/C13H21F3N2O4S2Si/c1-25(2,3)18-24(20,21)12(11-7-5-4-6-8-11)9-23(17,19)22-10-13(14,15)16/h4-8,12,17-18H,9-10H2,1-3H3. The van der Waals surface area contributed by atoms with Crippen LogP contribution in [0.3, 0.4) is 0 Å². The first-order valence-electron chi connectivity index (χ1n) is 7.17. The van der Waals surface area contributed by atoms with Crippen molar-refractivity contribution in [3.8, 4) is 0 Å². The zero-order valence-corrected chi connectivity index (χ0v) is 16.6. The van der Waals surface area contributed by atoms with E-state index in [9.17, 15) is 25.8 Å². The smallest absolute Gasteiger partial charge is 0.275 e. The molecule has 0 aromatic heterocycles. The third kappa shape index (κ3) is 8.31. The third-order valence-corrected chi connectivity index (χ3v) is 9.04. The first-order chi connectivity index (χ1) is 11.1. The number of halogens is 3. The topological polar surface area (TPSA) is 96.3 Å². The molecule has 0 heterocycles. The van der Waals surface area contributed by atoms with Gasteiger partial charge in [-0.25, -0.2) is 21.8 Å². The summed E-state index contributed by atoms with van der Waals surface area (Å²) in [5, 5.41) is -1.46. The molecule has 0 fully saturated rings. The SMILES string of the molecule is C[Si](C)(C)NS(=O)(=O)C(CS(=N)(=O)OCC(F)(F)F)c1ccccc1. The zero-order chi connectivity index (χ0) is 19.5. The van der Waals surface area contributed by atoms with Crippen LogP contribution in [0, 0.1) is 4.78 Å². The van der Waals surface area contributed by atoms with Crippen molar-refractivity contribution in [1.29, 1.82) is 4.78 Å². The quantitative estimate of drug-likeness (QED) is 0.634. The highest BCUT2D eigenvalue weighted by Gasteiger charge is 2.36. The van der Waals surface area contributed by atoms with Gasteiger partial charge >= 0.3 is 6.18 Å². The second-order valence-electron chi connectivity index (χ2n) is 6.46. The molecule has 0 bridgehead atoms. The Morgan fingerprint density at radius 2 is 1.68 bits per heavy atom. The molecule has 6 nitrogen and oxygen atoms in total. The van der Waals surface area contributed by atoms with E-state index >= 15 is 0 Å². The zero-order valence-electron chi connectivity index (χ0n) is 14.0. The van der Waals surface area contributed by atoms with Gasteiger partial charge in [0.1, 0.15) is 13.5 Å². The minimum atomic E-state index is -4.76. The molecule has 144 valence electrons. The van der Waals surface area contributed by atoms with Gasteiger partial charge in [0.2, 0.25) is 10.0 Å². The van der Waals surface area contributed by atoms with Gasteiger partial charge in [0.25, 0.3) is 0 Å². The molecule has 0 aliphatic rings. The normalized spacial score (nSPS) is 17.0. The van der Waals surface area contributed by atoms with E-state index in [0.29, 0.717) is 0 Å². The number of hydrogen-bond donors (Lipinski definition) is 2. The van der Waals surface area contributed by atoms with Crippen molar-refractivity contribution in [3.05, 3.63) is 35.9 Å². The summed E-state index contributed by atoms with van der Waals surface area (Å²) in [6.45, 7) is 3.30. The summed E-state index contributed by atoms with van der Waals surface area (Å²) >= 11 is 0. The molecule has 0 radical (unpaired) electrons. The predicted octanol–water partition coefficient (Wildman–Crippen LogP) is 3.02. The summed E-state index contributed by atoms with van der Waals surface area (Å²) in [7, 11) is -10.6. The largest absolute Gasteiger partial charge is 0.413 e. The Balaban J connectivity index is 3.17. The van der Waals surface area contributed by atoms with Crippen LogP contribution in [0.4, 0.5) is 13.2 Å². The fourth-order valence-electron chi connectivity index (χ4n) is 1.94. The van der Waals surface area contributed by atoms with Gasteiger partial charge in [-0.15, -0.1) is 0 Å². The van der Waals surface area contributed by atoms with Crippen molar-refractivity contribution in [2.24, 2.45) is 0 Å². The fourth-order valence-corrected chi connectivity index (χ4v) is 8.70. The Kier molecular flexibility index (Phi) is 6.84. The van der Waals surface area contributed by atoms with Crippen LogP contribution in [-0.4, -0.2) is 39.4 Å². The van der Waals surface area contributed by atoms with E-state index in [1.165, 1.54) is 12.1 Å². The molecule has 2 unspecified atom stereocenters. The summed E-state index contributed by atoms with van der Waals surface area (Å²) in [5.41, 5.74) is 0.226. The Hall–Kier alpha value is -0.953. The lowest BCUT2D eigenvalue weighted by Gasteiger charge is -2.25. The van der Waals surface area contributed by atoms with Crippen LogP contribution in [0.2, 0.25) is 19.6 Å². The lowest BCUT2D eigenvalue weighted by atomic mass is 10.2. The van der Waals surface area contributed by atoms with Gasteiger partial charge in [0.05, 0.1) is 5.75 Å². The molecule has 12 heteroatoms. The fraction of sp³-hybridized carbons (Fsp3) is 0.538. The third-order valence-electron chi connectivity index (χ3n) is 2.78. The summed E-state index contributed by atoms with van der Waals surface area (Å²) in [4.78, 5) is 0. The van der Waals surface area contributed by atoms with Crippen molar-refractivity contribution >= 4 is 28.3 Å². The monoisotopic (exact) mass is 418 g/mol. The maximum atomic E-state index is 12.7. The van der Waals surface area contributed by atoms with E-state index in [4.69, 9.17) is 4.78 Å². The van der Waals surface area contributed by atoms with Crippen LogP contribution in [0.15, 0.2) is 30.3 Å². The van der Waals surface area contributed by atoms with Crippen LogP contribution in [0.25, 0.3) is 0 Å². The molecule has 0 aliphatic heterocycles. The molecule has 1 aromatic carbocycles. The summed E-state index contributed by atoms with van der Waals surface area (Å²) < 4.78 is 88.3. The van der Waals surface area contributed by atoms with Crippen molar-refractivity contribution < 1.29 is 30.0 Å². The summed E-state index contributed by atoms with van der Waals surface area (Å²) in [6.07, 6.45) is -4.76. The molecule has 0 aliphatic carbocycles. The van der Waals surface area contributed by atoms with E-state index in [1.54, 1.807) is 37.8 Å². The number of benzene rings is 1. The summed E-state index contributed by atoms with van der Waals surface area (Å²) in [6, 6.07) is 7.64. The molecule has 0 saturated heterocycles. The Bertz CT molecular complexity index is 776. The maximum Gasteiger partial charge on any atom is 0.413 e. The van der Waals surface area contributed by atoms with E-state index in [2.05, 4.69) is 8.57 Å². The van der Waals surface area contributed by atoms with Gasteiger partial charge < -0.3 is 0 Å². The van der Waals surface area contributed by atoms with Crippen molar-refractivity contribution in [2.75, 3.05) is 12.4 Å². The molecule has 2 atom stereocenters. The second-order valence-corrected chi connectivity index (χ2v) is 15.2. The molecular weight excluding hydrogens is 397 g/mol. The molecule has 2 N–H and O–H groups in total. The Morgan fingerprint density at radius 1 is 1.16 bits per heavy atom. The van der Waals surface area contributed by atoms with E-state index in [1.807, 2.05) is 0 Å². The molecule has 0 amide bonds. The number of sulfonamides is 1. The molecular formula is C13H21F3N2O4S2Si. The number of nitrogens with one attached hydrogen (secondary N) is 2. The molecule has 25 heavy (non-hydrogen) atoms. The molecule has 1 rings (SSSR count). The number of hydrogen-bond acceptors (Lipinski definition) is 5. The van der Waals surface area contributed by atoms with Gasteiger partial charge in [-0.2, -0.15) is 13.2 Å². The minimum absolute atomic E-state index is 0.226. The van der Waals surface area contributed by atoms with Gasteiger partial charge in [-0.3, -0.25) is 4.18 Å². The summed E-state index contributed by atoms with van der Waals surface area (Å²) in [5.74, 6) is -0.896. The van der Waals surface area contributed by atoms with Crippen LogP contribution < -0.4 is 4.39 Å². The first-order valence-corrected chi connectivity index (χ1v) is 13.9. The molecule has 0 saturated carbocycles. The average molecular weight is 419 g/mol. The van der Waals surface area contributed by atoms with Gasteiger partial charge in [-0.1, -0.05) is 50.0 Å². The Morgan fingerprint density at radius 3 is 2.12 bits per heavy atom. The van der Waals surface area contributed by atoms with Crippen molar-refractivity contribution in [1.82, 2.24) is 4.39 Å². The average Bonchev–Trinajstić information content (AvgIpc) is 2.40. The lowest BCUT2D eigenvalue weighted by Crippen LogP contribution is -2.48. The number of alkyl halides is 3. The highest BCUT2D eigenvalue weighted by Crippen LogP contribution is 2.26. The minimum Gasteiger partial charge on any atom is -0.275 e. The second kappa shape index (κ2) is 7.74. The van der Waals surface area contributed by atoms with Crippen LogP contribution in [0.1, 0.15) is 10.8 Å². The molecule has 1 aromatic rings.